The molecule has 0 N–H and O–H groups in total. The summed E-state index contributed by atoms with van der Waals surface area (Å²) in [5, 5.41) is 8.29. The van der Waals surface area contributed by atoms with Crippen molar-refractivity contribution >= 4 is 0 Å². The van der Waals surface area contributed by atoms with E-state index in [4.69, 9.17) is 0 Å². The van der Waals surface area contributed by atoms with Crippen LogP contribution in [-0.4, -0.2) is 45.5 Å². The van der Waals surface area contributed by atoms with Gasteiger partial charge in [-0.3, -0.25) is 0 Å². The first-order valence-electron chi connectivity index (χ1n) is 9.24. The van der Waals surface area contributed by atoms with Crippen molar-refractivity contribution in [3.8, 4) is 0 Å². The van der Waals surface area contributed by atoms with Crippen LogP contribution in [0.3, 0.4) is 0 Å². The average molecular weight is 366 g/mol. The Morgan fingerprint density at radius 1 is 1.00 bits per heavy atom. The van der Waals surface area contributed by atoms with Crippen LogP contribution >= 0.6 is 0 Å². The zero-order chi connectivity index (χ0) is 18.4. The Balaban J connectivity index is 1.32. The number of rotatable bonds is 8. The van der Waals surface area contributed by atoms with Crippen molar-refractivity contribution in [2.45, 2.75) is 51.0 Å². The summed E-state index contributed by atoms with van der Waals surface area (Å²) in [7, 11) is 0. The van der Waals surface area contributed by atoms with Gasteiger partial charge in [-0.15, -0.1) is 5.10 Å². The normalized spacial score (nSPS) is 17.5. The van der Waals surface area contributed by atoms with Crippen LogP contribution in [0.2, 0.25) is 0 Å². The van der Waals surface area contributed by atoms with E-state index in [9.17, 15) is 13.2 Å². The molecule has 0 bridgehead atoms. The summed E-state index contributed by atoms with van der Waals surface area (Å²) in [5.74, 6) is -2.71. The number of piperidine rings is 1. The molecule has 1 fully saturated rings. The lowest BCUT2D eigenvalue weighted by Gasteiger charge is -2.31. The van der Waals surface area contributed by atoms with Crippen molar-refractivity contribution in [2.75, 3.05) is 19.6 Å². The molecule has 1 saturated heterocycles. The van der Waals surface area contributed by atoms with E-state index in [0.29, 0.717) is 19.6 Å². The number of aryl methyl sites for hydroxylation is 1. The summed E-state index contributed by atoms with van der Waals surface area (Å²) in [6.07, 6.45) is 5.86. The molecule has 0 amide bonds. The van der Waals surface area contributed by atoms with Crippen molar-refractivity contribution in [3.63, 3.8) is 0 Å². The number of likely N-dealkylation sites (tertiary alicyclic amines) is 1. The van der Waals surface area contributed by atoms with Gasteiger partial charge in [-0.25, -0.2) is 17.9 Å². The van der Waals surface area contributed by atoms with Crippen LogP contribution < -0.4 is 0 Å². The minimum atomic E-state index is -2.46. The second kappa shape index (κ2) is 8.66. The lowest BCUT2D eigenvalue weighted by Crippen LogP contribution is -2.39. The van der Waals surface area contributed by atoms with Gasteiger partial charge in [-0.1, -0.05) is 23.8 Å². The monoisotopic (exact) mass is 366 g/mol. The van der Waals surface area contributed by atoms with Crippen LogP contribution in [0, 0.1) is 5.82 Å². The van der Waals surface area contributed by atoms with Gasteiger partial charge in [0, 0.05) is 32.1 Å². The van der Waals surface area contributed by atoms with E-state index in [1.807, 2.05) is 6.20 Å². The van der Waals surface area contributed by atoms with Crippen molar-refractivity contribution < 1.29 is 13.2 Å². The van der Waals surface area contributed by atoms with E-state index in [1.165, 1.54) is 12.1 Å². The van der Waals surface area contributed by atoms with E-state index in [-0.39, 0.29) is 18.7 Å². The lowest BCUT2D eigenvalue weighted by atomic mass is 10.1. The Labute approximate surface area is 152 Å². The molecule has 2 aromatic rings. The molecule has 2 heterocycles. The van der Waals surface area contributed by atoms with Gasteiger partial charge in [0.05, 0.1) is 12.2 Å². The highest BCUT2D eigenvalue weighted by Gasteiger charge is 2.33. The van der Waals surface area contributed by atoms with Crippen molar-refractivity contribution in [2.24, 2.45) is 0 Å². The van der Waals surface area contributed by atoms with Gasteiger partial charge in [0.15, 0.2) is 0 Å². The van der Waals surface area contributed by atoms with Gasteiger partial charge in [-0.2, -0.15) is 0 Å². The molecule has 1 aliphatic rings. The number of hydrogen-bond donors (Lipinski definition) is 0. The van der Waals surface area contributed by atoms with Gasteiger partial charge < -0.3 is 4.90 Å². The SMILES string of the molecule is Fc1ccc(Cn2cc(CCCCCN3CCC(F)(F)CC3)nn2)cc1. The molecule has 7 heteroatoms. The van der Waals surface area contributed by atoms with Crippen LogP contribution in [0.25, 0.3) is 0 Å². The Hall–Kier alpha value is -1.89. The standard InChI is InChI=1S/C19H25F3N4/c20-17-7-5-16(6-8-17)14-26-15-18(23-24-26)4-2-1-3-11-25-12-9-19(21,22)10-13-25/h5-8,15H,1-4,9-14H2. The van der Waals surface area contributed by atoms with Crippen molar-refractivity contribution in [3.05, 3.63) is 47.5 Å². The maximum Gasteiger partial charge on any atom is 0.250 e. The van der Waals surface area contributed by atoms with E-state index in [1.54, 1.807) is 16.8 Å². The van der Waals surface area contributed by atoms with E-state index >= 15 is 0 Å². The Bertz CT molecular complexity index is 674. The van der Waals surface area contributed by atoms with Gasteiger partial charge in [0.25, 0.3) is 5.92 Å². The predicted molar refractivity (Wildman–Crippen MR) is 93.7 cm³/mol. The molecule has 1 aliphatic heterocycles. The molecule has 0 spiro atoms. The third kappa shape index (κ3) is 5.83. The number of aromatic nitrogens is 3. The zero-order valence-electron chi connectivity index (χ0n) is 14.9. The second-order valence-corrected chi connectivity index (χ2v) is 7.04. The van der Waals surface area contributed by atoms with E-state index in [0.717, 1.165) is 43.5 Å². The van der Waals surface area contributed by atoms with Crippen molar-refractivity contribution in [1.82, 2.24) is 19.9 Å². The summed E-state index contributed by atoms with van der Waals surface area (Å²) < 4.78 is 40.9. The third-order valence-electron chi connectivity index (χ3n) is 4.84. The maximum atomic E-state index is 13.1. The fraction of sp³-hybridized carbons (Fsp3) is 0.579. The summed E-state index contributed by atoms with van der Waals surface area (Å²) >= 11 is 0. The quantitative estimate of drug-likeness (QED) is 0.665. The van der Waals surface area contributed by atoms with E-state index < -0.39 is 5.92 Å². The maximum absolute atomic E-state index is 13.1. The highest BCUT2D eigenvalue weighted by Crippen LogP contribution is 2.27. The summed E-state index contributed by atoms with van der Waals surface area (Å²) in [5.41, 5.74) is 1.93. The molecule has 1 aromatic heterocycles. The van der Waals surface area contributed by atoms with Gasteiger partial charge in [-0.05, 0) is 43.5 Å². The molecule has 3 rings (SSSR count). The van der Waals surface area contributed by atoms with Gasteiger partial charge in [0.1, 0.15) is 5.82 Å². The molecule has 4 nitrogen and oxygen atoms in total. The fourth-order valence-electron chi connectivity index (χ4n) is 3.23. The number of unbranched alkanes of at least 4 members (excludes halogenated alkanes) is 2. The van der Waals surface area contributed by atoms with E-state index in [2.05, 4.69) is 15.2 Å². The largest absolute Gasteiger partial charge is 0.303 e. The smallest absolute Gasteiger partial charge is 0.250 e. The highest BCUT2D eigenvalue weighted by atomic mass is 19.3. The van der Waals surface area contributed by atoms with Crippen LogP contribution in [-0.2, 0) is 13.0 Å². The first kappa shape index (κ1) is 18.9. The zero-order valence-corrected chi connectivity index (χ0v) is 14.9. The second-order valence-electron chi connectivity index (χ2n) is 7.04. The molecule has 0 saturated carbocycles. The van der Waals surface area contributed by atoms with Crippen LogP contribution in [0.1, 0.15) is 43.4 Å². The molecule has 0 radical (unpaired) electrons. The fourth-order valence-corrected chi connectivity index (χ4v) is 3.23. The minimum Gasteiger partial charge on any atom is -0.303 e. The Morgan fingerprint density at radius 2 is 1.73 bits per heavy atom. The minimum absolute atomic E-state index is 0.00976. The molecule has 1 aromatic carbocycles. The first-order valence-corrected chi connectivity index (χ1v) is 9.24. The highest BCUT2D eigenvalue weighted by molar-refractivity contribution is 5.16. The first-order chi connectivity index (χ1) is 12.5. The summed E-state index contributed by atoms with van der Waals surface area (Å²) in [6, 6.07) is 6.37. The van der Waals surface area contributed by atoms with Crippen LogP contribution in [0.5, 0.6) is 0 Å². The molecular weight excluding hydrogens is 341 g/mol. The van der Waals surface area contributed by atoms with Gasteiger partial charge in [0.2, 0.25) is 0 Å². The molecule has 0 unspecified atom stereocenters. The molecule has 26 heavy (non-hydrogen) atoms. The number of benzene rings is 1. The van der Waals surface area contributed by atoms with Crippen LogP contribution in [0.15, 0.2) is 30.5 Å². The Kier molecular flexibility index (Phi) is 6.29. The van der Waals surface area contributed by atoms with Gasteiger partial charge >= 0.3 is 0 Å². The number of nitrogens with zero attached hydrogens (tertiary/aromatic N) is 4. The molecular formula is C19H25F3N4. The molecule has 0 aliphatic carbocycles. The van der Waals surface area contributed by atoms with Crippen molar-refractivity contribution in [1.29, 1.82) is 0 Å². The molecule has 142 valence electrons. The summed E-state index contributed by atoms with van der Waals surface area (Å²) in [6.45, 7) is 2.48. The average Bonchev–Trinajstić information content (AvgIpc) is 3.05. The predicted octanol–water partition coefficient (Wildman–Crippen LogP) is 3.91. The number of alkyl halides is 2. The number of hydrogen-bond acceptors (Lipinski definition) is 3. The third-order valence-corrected chi connectivity index (χ3v) is 4.84. The lowest BCUT2D eigenvalue weighted by molar-refractivity contribution is -0.0552. The summed E-state index contributed by atoms with van der Waals surface area (Å²) in [4.78, 5) is 2.14. The Morgan fingerprint density at radius 3 is 2.46 bits per heavy atom. The topological polar surface area (TPSA) is 34.0 Å². The molecule has 0 atom stereocenters. The van der Waals surface area contributed by atoms with Crippen LogP contribution in [0.4, 0.5) is 13.2 Å². The number of halogens is 3.